The summed E-state index contributed by atoms with van der Waals surface area (Å²) in [6, 6.07) is 5.12. The van der Waals surface area contributed by atoms with Crippen LogP contribution in [-0.4, -0.2) is 80.3 Å². The Labute approximate surface area is 198 Å². The Kier molecular flexibility index (Phi) is 8.59. The third-order valence-corrected chi connectivity index (χ3v) is 6.44. The highest BCUT2D eigenvalue weighted by Gasteiger charge is 2.31. The molecule has 1 fully saturated rings. The lowest BCUT2D eigenvalue weighted by Crippen LogP contribution is -2.47. The van der Waals surface area contributed by atoms with Gasteiger partial charge in [-0.25, -0.2) is 4.79 Å². The Bertz CT molecular complexity index is 827. The quantitative estimate of drug-likeness (QED) is 0.703. The highest BCUT2D eigenvalue weighted by molar-refractivity contribution is 5.98. The van der Waals surface area contributed by atoms with E-state index in [1.807, 2.05) is 13.8 Å². The number of carbonyl (C=O) groups excluding carboxylic acids is 2. The zero-order chi connectivity index (χ0) is 24.1. The van der Waals surface area contributed by atoms with E-state index in [4.69, 9.17) is 9.47 Å². The molecule has 1 aliphatic carbocycles. The lowest BCUT2D eigenvalue weighted by Gasteiger charge is -2.36. The molecule has 0 spiro atoms. The molecule has 1 aromatic carbocycles. The van der Waals surface area contributed by atoms with E-state index in [1.54, 1.807) is 37.3 Å². The third-order valence-electron chi connectivity index (χ3n) is 6.44. The van der Waals surface area contributed by atoms with Gasteiger partial charge in [-0.2, -0.15) is 0 Å². The summed E-state index contributed by atoms with van der Waals surface area (Å²) in [5.74, 6) is 1.40. The minimum absolute atomic E-state index is 0.0233. The number of ether oxygens (including phenoxy) is 2. The van der Waals surface area contributed by atoms with Gasteiger partial charge in [0.05, 0.1) is 11.7 Å². The second-order valence-corrected chi connectivity index (χ2v) is 9.96. The summed E-state index contributed by atoms with van der Waals surface area (Å²) < 4.78 is 12.0. The second kappa shape index (κ2) is 11.2. The number of fused-ring (bicyclic) bond motifs is 1. The molecule has 0 saturated heterocycles. The first-order valence-corrected chi connectivity index (χ1v) is 12.0. The number of rotatable bonds is 5. The molecule has 1 saturated carbocycles. The molecule has 1 heterocycles. The van der Waals surface area contributed by atoms with Crippen molar-refractivity contribution in [2.45, 2.75) is 58.7 Å². The summed E-state index contributed by atoms with van der Waals surface area (Å²) in [4.78, 5) is 29.6. The van der Waals surface area contributed by atoms with Crippen molar-refractivity contribution >= 4 is 17.6 Å². The van der Waals surface area contributed by atoms with Gasteiger partial charge in [-0.15, -0.1) is 0 Å². The molecule has 1 aromatic rings. The van der Waals surface area contributed by atoms with Crippen LogP contribution in [0, 0.1) is 11.8 Å². The van der Waals surface area contributed by atoms with Crippen molar-refractivity contribution in [3.8, 4) is 5.75 Å². The van der Waals surface area contributed by atoms with Gasteiger partial charge in [0.2, 0.25) is 0 Å². The van der Waals surface area contributed by atoms with Crippen molar-refractivity contribution < 1.29 is 19.1 Å². The molecule has 33 heavy (non-hydrogen) atoms. The maximum atomic E-state index is 13.3. The van der Waals surface area contributed by atoms with Gasteiger partial charge in [-0.1, -0.05) is 6.92 Å². The minimum atomic E-state index is -0.289. The topological polar surface area (TPSA) is 83.1 Å². The fourth-order valence-corrected chi connectivity index (χ4v) is 4.24. The van der Waals surface area contributed by atoms with E-state index in [9.17, 15) is 9.59 Å². The normalized spacial score (nSPS) is 25.0. The zero-order valence-corrected chi connectivity index (χ0v) is 20.9. The molecular weight excluding hydrogens is 420 g/mol. The van der Waals surface area contributed by atoms with E-state index in [2.05, 4.69) is 29.4 Å². The standard InChI is InChI=1S/C25H40N4O4/c1-16(2)26-25(31)27-20-9-10-21-22(11-20)33-15-18(4)29(13-19-7-8-19)12-17(3)23(32-6)14-28(5)24(21)30/h9-11,16-19,23H,7-8,12-15H2,1-6H3,(H2,26,27,31)/t17-,18-,23-/m0/s1. The lowest BCUT2D eigenvalue weighted by atomic mass is 10.0. The molecule has 1 aliphatic heterocycles. The van der Waals surface area contributed by atoms with E-state index in [0.29, 0.717) is 30.2 Å². The van der Waals surface area contributed by atoms with Crippen molar-refractivity contribution in [1.82, 2.24) is 15.1 Å². The van der Waals surface area contributed by atoms with Crippen LogP contribution in [0.4, 0.5) is 10.5 Å². The molecule has 3 atom stereocenters. The van der Waals surface area contributed by atoms with Crippen molar-refractivity contribution in [3.05, 3.63) is 23.8 Å². The van der Waals surface area contributed by atoms with Crippen molar-refractivity contribution in [3.63, 3.8) is 0 Å². The molecule has 2 aliphatic rings. The number of methoxy groups -OCH3 is 1. The fourth-order valence-electron chi connectivity index (χ4n) is 4.24. The molecule has 8 heteroatoms. The predicted molar refractivity (Wildman–Crippen MR) is 130 cm³/mol. The van der Waals surface area contributed by atoms with Gasteiger partial charge in [-0.3, -0.25) is 9.69 Å². The molecule has 8 nitrogen and oxygen atoms in total. The van der Waals surface area contributed by atoms with E-state index in [-0.39, 0.29) is 36.0 Å². The number of carbonyl (C=O) groups is 2. The van der Waals surface area contributed by atoms with Gasteiger partial charge in [0.1, 0.15) is 12.4 Å². The Morgan fingerprint density at radius 1 is 1.24 bits per heavy atom. The average molecular weight is 461 g/mol. The number of urea groups is 1. The monoisotopic (exact) mass is 460 g/mol. The number of nitrogens with zero attached hydrogens (tertiary/aromatic N) is 2. The molecule has 0 aromatic heterocycles. The number of likely N-dealkylation sites (N-methyl/N-ethyl adjacent to an activating group) is 1. The molecule has 3 amide bonds. The molecule has 184 valence electrons. The predicted octanol–water partition coefficient (Wildman–Crippen LogP) is 3.43. The van der Waals surface area contributed by atoms with Crippen LogP contribution in [0.5, 0.6) is 5.75 Å². The zero-order valence-electron chi connectivity index (χ0n) is 20.9. The second-order valence-electron chi connectivity index (χ2n) is 9.96. The van der Waals surface area contributed by atoms with Crippen LogP contribution in [0.3, 0.4) is 0 Å². The van der Waals surface area contributed by atoms with Gasteiger partial charge < -0.3 is 25.0 Å². The maximum absolute atomic E-state index is 13.3. The summed E-state index contributed by atoms with van der Waals surface area (Å²) in [6.07, 6.45) is 2.52. The van der Waals surface area contributed by atoms with Crippen LogP contribution < -0.4 is 15.4 Å². The molecular formula is C25H40N4O4. The molecule has 0 radical (unpaired) electrons. The van der Waals surface area contributed by atoms with E-state index in [0.717, 1.165) is 19.0 Å². The summed E-state index contributed by atoms with van der Waals surface area (Å²) in [5.41, 5.74) is 1.07. The number of anilines is 1. The number of hydrogen-bond acceptors (Lipinski definition) is 5. The minimum Gasteiger partial charge on any atom is -0.491 e. The van der Waals surface area contributed by atoms with Gasteiger partial charge in [0, 0.05) is 57.6 Å². The van der Waals surface area contributed by atoms with E-state index >= 15 is 0 Å². The first kappa shape index (κ1) is 25.3. The summed E-state index contributed by atoms with van der Waals surface area (Å²) in [7, 11) is 3.51. The molecule has 3 rings (SSSR count). The highest BCUT2D eigenvalue weighted by Crippen LogP contribution is 2.32. The van der Waals surface area contributed by atoms with Gasteiger partial charge in [-0.05, 0) is 57.6 Å². The number of nitrogens with one attached hydrogen (secondary N) is 2. The Morgan fingerprint density at radius 2 is 1.97 bits per heavy atom. The summed E-state index contributed by atoms with van der Waals surface area (Å²) >= 11 is 0. The van der Waals surface area contributed by atoms with E-state index < -0.39 is 0 Å². The average Bonchev–Trinajstić information content (AvgIpc) is 3.57. The third kappa shape index (κ3) is 7.08. The number of amides is 3. The van der Waals surface area contributed by atoms with Crippen LogP contribution in [0.1, 0.15) is 50.9 Å². The first-order chi connectivity index (χ1) is 15.7. The highest BCUT2D eigenvalue weighted by atomic mass is 16.5. The Morgan fingerprint density at radius 3 is 2.61 bits per heavy atom. The first-order valence-electron chi connectivity index (χ1n) is 12.0. The Hall–Kier alpha value is -2.32. The van der Waals surface area contributed by atoms with Crippen LogP contribution in [0.15, 0.2) is 18.2 Å². The van der Waals surface area contributed by atoms with Gasteiger partial charge in [0.25, 0.3) is 5.91 Å². The Balaban J connectivity index is 1.88. The van der Waals surface area contributed by atoms with Gasteiger partial charge in [0.15, 0.2) is 0 Å². The van der Waals surface area contributed by atoms with Crippen LogP contribution in [-0.2, 0) is 4.74 Å². The van der Waals surface area contributed by atoms with Crippen LogP contribution in [0.25, 0.3) is 0 Å². The number of hydrogen-bond donors (Lipinski definition) is 2. The smallest absolute Gasteiger partial charge is 0.319 e. The van der Waals surface area contributed by atoms with Crippen molar-refractivity contribution in [1.29, 1.82) is 0 Å². The van der Waals surface area contributed by atoms with Crippen molar-refractivity contribution in [2.24, 2.45) is 11.8 Å². The lowest BCUT2D eigenvalue weighted by molar-refractivity contribution is 0.00994. The summed E-state index contributed by atoms with van der Waals surface area (Å²) in [6.45, 7) is 11.1. The van der Waals surface area contributed by atoms with Crippen molar-refractivity contribution in [2.75, 3.05) is 45.7 Å². The van der Waals surface area contributed by atoms with Crippen LogP contribution in [0.2, 0.25) is 0 Å². The van der Waals surface area contributed by atoms with Gasteiger partial charge >= 0.3 is 6.03 Å². The molecule has 0 unspecified atom stereocenters. The molecule has 2 N–H and O–H groups in total. The van der Waals surface area contributed by atoms with E-state index in [1.165, 1.54) is 12.8 Å². The number of benzene rings is 1. The van der Waals surface area contributed by atoms with Crippen LogP contribution >= 0.6 is 0 Å². The maximum Gasteiger partial charge on any atom is 0.319 e. The molecule has 0 bridgehead atoms. The SMILES string of the molecule is CO[C@H]1CN(C)C(=O)c2ccc(NC(=O)NC(C)C)cc2OC[C@H](C)N(CC2CC2)C[C@@H]1C. The largest absolute Gasteiger partial charge is 0.491 e. The summed E-state index contributed by atoms with van der Waals surface area (Å²) in [5, 5.41) is 5.64. The fraction of sp³-hybridized carbons (Fsp3) is 0.680.